The number of nitrogens with zero attached hydrogens (tertiary/aromatic N) is 1. The first kappa shape index (κ1) is 14.8. The van der Waals surface area contributed by atoms with E-state index in [1.54, 1.807) is 24.5 Å². The van der Waals surface area contributed by atoms with E-state index in [4.69, 9.17) is 4.74 Å². The van der Waals surface area contributed by atoms with E-state index in [1.807, 2.05) is 43.3 Å². The van der Waals surface area contributed by atoms with E-state index in [0.29, 0.717) is 12.3 Å². The van der Waals surface area contributed by atoms with Gasteiger partial charge in [0.15, 0.2) is 0 Å². The predicted octanol–water partition coefficient (Wildman–Crippen LogP) is 3.33. The smallest absolute Gasteiger partial charge is 0.287 e. The predicted molar refractivity (Wildman–Crippen MR) is 91.0 cm³/mol. The summed E-state index contributed by atoms with van der Waals surface area (Å²) in [4.78, 5) is 14.7. The van der Waals surface area contributed by atoms with Crippen LogP contribution in [0.25, 0.3) is 10.8 Å². The fourth-order valence-electron chi connectivity index (χ4n) is 2.38. The van der Waals surface area contributed by atoms with Crippen LogP contribution >= 0.6 is 0 Å². The average molecular weight is 307 g/mol. The number of benzene rings is 2. The molecule has 1 amide bonds. The third kappa shape index (κ3) is 3.23. The molecular weight excluding hydrogens is 290 g/mol. The van der Waals surface area contributed by atoms with Gasteiger partial charge in [-0.3, -0.25) is 4.79 Å². The van der Waals surface area contributed by atoms with Crippen molar-refractivity contribution in [1.29, 1.82) is 0 Å². The maximum atomic E-state index is 11.9. The molecule has 116 valence electrons. The van der Waals surface area contributed by atoms with E-state index in [2.05, 4.69) is 15.5 Å². The van der Waals surface area contributed by atoms with Crippen LogP contribution in [0.15, 0.2) is 59.8 Å². The Bertz CT molecular complexity index is 839. The summed E-state index contributed by atoms with van der Waals surface area (Å²) in [5.41, 5.74) is 3.82. The molecule has 3 rings (SSSR count). The van der Waals surface area contributed by atoms with E-state index in [9.17, 15) is 4.79 Å². The van der Waals surface area contributed by atoms with Crippen LogP contribution < -0.4 is 10.2 Å². The minimum Gasteiger partial charge on any atom is -0.493 e. The molecule has 0 radical (unpaired) electrons. The second kappa shape index (κ2) is 6.79. The number of fused-ring (bicyclic) bond motifs is 1. The van der Waals surface area contributed by atoms with Crippen molar-refractivity contribution in [2.75, 3.05) is 6.61 Å². The molecule has 0 aliphatic rings. The van der Waals surface area contributed by atoms with E-state index < -0.39 is 0 Å². The van der Waals surface area contributed by atoms with Crippen molar-refractivity contribution in [1.82, 2.24) is 10.4 Å². The van der Waals surface area contributed by atoms with Gasteiger partial charge in [0, 0.05) is 11.8 Å². The Morgan fingerprint density at radius 3 is 2.87 bits per heavy atom. The lowest BCUT2D eigenvalue weighted by atomic mass is 10.0. The van der Waals surface area contributed by atoms with Crippen LogP contribution in [-0.4, -0.2) is 23.7 Å². The summed E-state index contributed by atoms with van der Waals surface area (Å²) in [6.45, 7) is 2.50. The first-order valence-electron chi connectivity index (χ1n) is 7.41. The van der Waals surface area contributed by atoms with Gasteiger partial charge in [-0.15, -0.1) is 0 Å². The molecule has 0 aliphatic carbocycles. The number of hydrogen-bond acceptors (Lipinski definition) is 3. The van der Waals surface area contributed by atoms with E-state index in [1.165, 1.54) is 0 Å². The lowest BCUT2D eigenvalue weighted by molar-refractivity contribution is 0.0951. The number of rotatable bonds is 5. The van der Waals surface area contributed by atoms with Gasteiger partial charge in [-0.1, -0.05) is 30.3 Å². The van der Waals surface area contributed by atoms with E-state index >= 15 is 0 Å². The first-order valence-corrected chi connectivity index (χ1v) is 7.41. The van der Waals surface area contributed by atoms with Crippen molar-refractivity contribution >= 4 is 22.9 Å². The zero-order valence-corrected chi connectivity index (χ0v) is 12.7. The standard InChI is InChI=1S/C18H17N3O2/c1-2-23-17-10-9-13-6-3-4-7-14(13)15(17)12-20-21-18(22)16-8-5-11-19-16/h3-12,19H,2H2,1H3,(H,21,22)/b20-12-. The number of hydrogen-bond donors (Lipinski definition) is 2. The Morgan fingerprint density at radius 2 is 2.09 bits per heavy atom. The third-order valence-corrected chi connectivity index (χ3v) is 3.43. The summed E-state index contributed by atoms with van der Waals surface area (Å²) in [5.74, 6) is 0.452. The molecule has 1 heterocycles. The van der Waals surface area contributed by atoms with Crippen molar-refractivity contribution in [3.63, 3.8) is 0 Å². The maximum Gasteiger partial charge on any atom is 0.287 e. The highest BCUT2D eigenvalue weighted by Gasteiger charge is 2.07. The molecule has 0 spiro atoms. The minimum atomic E-state index is -0.288. The molecule has 0 atom stereocenters. The summed E-state index contributed by atoms with van der Waals surface area (Å²) < 4.78 is 5.66. The molecule has 5 nitrogen and oxygen atoms in total. The van der Waals surface area contributed by atoms with Crippen molar-refractivity contribution in [2.24, 2.45) is 5.10 Å². The van der Waals surface area contributed by atoms with Gasteiger partial charge in [-0.05, 0) is 35.9 Å². The number of ether oxygens (including phenoxy) is 1. The van der Waals surface area contributed by atoms with Crippen LogP contribution in [0.5, 0.6) is 5.75 Å². The van der Waals surface area contributed by atoms with Crippen LogP contribution in [0.2, 0.25) is 0 Å². The third-order valence-electron chi connectivity index (χ3n) is 3.43. The lowest BCUT2D eigenvalue weighted by Gasteiger charge is -2.10. The number of aromatic nitrogens is 1. The van der Waals surface area contributed by atoms with Crippen LogP contribution in [-0.2, 0) is 0 Å². The van der Waals surface area contributed by atoms with Gasteiger partial charge in [0.2, 0.25) is 0 Å². The Balaban J connectivity index is 1.89. The number of hydrazone groups is 1. The summed E-state index contributed by atoms with van der Waals surface area (Å²) in [7, 11) is 0. The van der Waals surface area contributed by atoms with Crippen molar-refractivity contribution in [3.8, 4) is 5.75 Å². The Kier molecular flexibility index (Phi) is 4.38. The quantitative estimate of drug-likeness (QED) is 0.561. The Labute approximate surface area is 134 Å². The first-order chi connectivity index (χ1) is 11.3. The number of nitrogens with one attached hydrogen (secondary N) is 2. The number of carbonyl (C=O) groups excluding carboxylic acids is 1. The number of aromatic amines is 1. The average Bonchev–Trinajstić information content (AvgIpc) is 3.11. The molecule has 1 aromatic heterocycles. The molecule has 2 aromatic carbocycles. The van der Waals surface area contributed by atoms with Crippen molar-refractivity contribution in [3.05, 3.63) is 66.0 Å². The van der Waals surface area contributed by atoms with Gasteiger partial charge in [-0.2, -0.15) is 5.10 Å². The molecule has 0 saturated heterocycles. The molecule has 0 fully saturated rings. The van der Waals surface area contributed by atoms with Crippen molar-refractivity contribution < 1.29 is 9.53 Å². The number of H-pyrrole nitrogens is 1. The van der Waals surface area contributed by atoms with E-state index in [-0.39, 0.29) is 5.91 Å². The molecule has 0 saturated carbocycles. The molecule has 23 heavy (non-hydrogen) atoms. The summed E-state index contributed by atoms with van der Waals surface area (Å²) >= 11 is 0. The molecule has 5 heteroatoms. The zero-order chi connectivity index (χ0) is 16.1. The van der Waals surface area contributed by atoms with E-state index in [0.717, 1.165) is 22.1 Å². The molecular formula is C18H17N3O2. The lowest BCUT2D eigenvalue weighted by Crippen LogP contribution is -2.17. The highest BCUT2D eigenvalue weighted by atomic mass is 16.5. The monoisotopic (exact) mass is 307 g/mol. The number of carbonyl (C=O) groups is 1. The summed E-state index contributed by atoms with van der Waals surface area (Å²) in [6.07, 6.45) is 3.31. The van der Waals surface area contributed by atoms with Crippen LogP contribution in [0, 0.1) is 0 Å². The van der Waals surface area contributed by atoms with Crippen LogP contribution in [0.4, 0.5) is 0 Å². The minimum absolute atomic E-state index is 0.288. The van der Waals surface area contributed by atoms with Gasteiger partial charge in [0.25, 0.3) is 5.91 Å². The molecule has 0 unspecified atom stereocenters. The van der Waals surface area contributed by atoms with Gasteiger partial charge in [-0.25, -0.2) is 5.43 Å². The maximum absolute atomic E-state index is 11.9. The van der Waals surface area contributed by atoms with Gasteiger partial charge >= 0.3 is 0 Å². The largest absolute Gasteiger partial charge is 0.493 e. The Hall–Kier alpha value is -3.08. The van der Waals surface area contributed by atoms with Crippen LogP contribution in [0.1, 0.15) is 23.0 Å². The second-order valence-corrected chi connectivity index (χ2v) is 4.91. The fourth-order valence-corrected chi connectivity index (χ4v) is 2.38. The zero-order valence-electron chi connectivity index (χ0n) is 12.7. The van der Waals surface area contributed by atoms with Gasteiger partial charge < -0.3 is 9.72 Å². The topological polar surface area (TPSA) is 66.5 Å². The molecule has 0 bridgehead atoms. The van der Waals surface area contributed by atoms with Gasteiger partial charge in [0.05, 0.1) is 12.8 Å². The SMILES string of the molecule is CCOc1ccc2ccccc2c1/C=N\NC(=O)c1ccc[nH]1. The fraction of sp³-hybridized carbons (Fsp3) is 0.111. The molecule has 2 N–H and O–H groups in total. The highest BCUT2D eigenvalue weighted by Crippen LogP contribution is 2.26. The second-order valence-electron chi connectivity index (χ2n) is 4.91. The van der Waals surface area contributed by atoms with Crippen molar-refractivity contribution in [2.45, 2.75) is 6.92 Å². The van der Waals surface area contributed by atoms with Crippen LogP contribution in [0.3, 0.4) is 0 Å². The Morgan fingerprint density at radius 1 is 1.22 bits per heavy atom. The number of amides is 1. The molecule has 0 aliphatic heterocycles. The molecule has 3 aromatic rings. The summed E-state index contributed by atoms with van der Waals surface area (Å²) in [5, 5.41) is 6.18. The van der Waals surface area contributed by atoms with Gasteiger partial charge in [0.1, 0.15) is 11.4 Å². The highest BCUT2D eigenvalue weighted by molar-refractivity contribution is 6.03. The summed E-state index contributed by atoms with van der Waals surface area (Å²) in [6, 6.07) is 15.4. The normalized spacial score (nSPS) is 11.0.